The Morgan fingerprint density at radius 3 is 2.85 bits per heavy atom. The third-order valence-electron chi connectivity index (χ3n) is 4.01. The number of hydrogen-bond donors (Lipinski definition) is 3. The molecule has 0 aromatic heterocycles. The molecular formula is C15H23N3O2. The largest absolute Gasteiger partial charge is 0.409 e. The van der Waals surface area contributed by atoms with Gasteiger partial charge < -0.3 is 21.0 Å². The number of benzene rings is 1. The molecule has 1 aromatic carbocycles. The van der Waals surface area contributed by atoms with Crippen LogP contribution in [0.5, 0.6) is 0 Å². The molecule has 0 radical (unpaired) electrons. The molecule has 5 heteroatoms. The number of rotatable bonds is 6. The molecule has 0 bridgehead atoms. The Hall–Kier alpha value is -1.59. The van der Waals surface area contributed by atoms with E-state index in [0.717, 1.165) is 18.4 Å². The predicted octanol–water partition coefficient (Wildman–Crippen LogP) is 1.67. The minimum absolute atomic E-state index is 0.126. The van der Waals surface area contributed by atoms with Gasteiger partial charge in [0.25, 0.3) is 0 Å². The van der Waals surface area contributed by atoms with Crippen molar-refractivity contribution in [2.75, 3.05) is 13.7 Å². The minimum Gasteiger partial charge on any atom is -0.409 e. The maximum Gasteiger partial charge on any atom is 0.147 e. The first-order valence-electron chi connectivity index (χ1n) is 7.04. The van der Waals surface area contributed by atoms with Gasteiger partial charge in [0.1, 0.15) is 5.84 Å². The van der Waals surface area contributed by atoms with Crippen molar-refractivity contribution in [2.24, 2.45) is 10.9 Å². The van der Waals surface area contributed by atoms with E-state index in [0.29, 0.717) is 12.6 Å². The highest BCUT2D eigenvalue weighted by molar-refractivity contribution is 5.87. The summed E-state index contributed by atoms with van der Waals surface area (Å²) in [6.07, 6.45) is 3.64. The van der Waals surface area contributed by atoms with Crippen LogP contribution in [0.2, 0.25) is 0 Å². The zero-order valence-corrected chi connectivity index (χ0v) is 11.8. The third kappa shape index (κ3) is 3.49. The first kappa shape index (κ1) is 14.8. The smallest absolute Gasteiger partial charge is 0.147 e. The number of oxime groups is 1. The average molecular weight is 277 g/mol. The van der Waals surface area contributed by atoms with Gasteiger partial charge in [-0.15, -0.1) is 0 Å². The number of amidine groups is 1. The van der Waals surface area contributed by atoms with Gasteiger partial charge in [-0.25, -0.2) is 0 Å². The molecule has 3 unspecified atom stereocenters. The highest BCUT2D eigenvalue weighted by Gasteiger charge is 2.28. The van der Waals surface area contributed by atoms with Crippen LogP contribution >= 0.6 is 0 Å². The standard InChI is InChI=1S/C15H23N3O2/c1-20-14-9-5-8-13(14)17-10-12(15(16)18-19)11-6-3-2-4-7-11/h2-4,6-7,12-14,17,19H,5,8-10H2,1H3,(H2,16,18). The van der Waals surface area contributed by atoms with Crippen LogP contribution < -0.4 is 11.1 Å². The second-order valence-corrected chi connectivity index (χ2v) is 5.21. The zero-order chi connectivity index (χ0) is 14.4. The zero-order valence-electron chi connectivity index (χ0n) is 11.8. The SMILES string of the molecule is COC1CCCC1NCC(C(N)=NO)c1ccccc1. The van der Waals surface area contributed by atoms with Gasteiger partial charge in [0.2, 0.25) is 0 Å². The molecule has 1 aliphatic rings. The molecule has 0 aliphatic heterocycles. The Bertz CT molecular complexity index is 436. The lowest BCUT2D eigenvalue weighted by molar-refractivity contribution is 0.0852. The quantitative estimate of drug-likeness (QED) is 0.320. The van der Waals surface area contributed by atoms with Crippen LogP contribution in [0.4, 0.5) is 0 Å². The van der Waals surface area contributed by atoms with Crippen molar-refractivity contribution in [1.82, 2.24) is 5.32 Å². The molecule has 0 saturated heterocycles. The van der Waals surface area contributed by atoms with Gasteiger partial charge in [0.05, 0.1) is 12.0 Å². The van der Waals surface area contributed by atoms with Gasteiger partial charge in [-0.2, -0.15) is 0 Å². The van der Waals surface area contributed by atoms with E-state index >= 15 is 0 Å². The van der Waals surface area contributed by atoms with Gasteiger partial charge in [-0.05, 0) is 24.8 Å². The summed E-state index contributed by atoms with van der Waals surface area (Å²) in [7, 11) is 1.75. The van der Waals surface area contributed by atoms with E-state index in [2.05, 4.69) is 10.5 Å². The Morgan fingerprint density at radius 1 is 1.45 bits per heavy atom. The van der Waals surface area contributed by atoms with E-state index in [1.807, 2.05) is 30.3 Å². The molecule has 5 nitrogen and oxygen atoms in total. The maximum absolute atomic E-state index is 8.97. The Morgan fingerprint density at radius 2 is 2.20 bits per heavy atom. The Labute approximate surface area is 119 Å². The van der Waals surface area contributed by atoms with Crippen molar-refractivity contribution in [3.05, 3.63) is 35.9 Å². The fourth-order valence-electron chi connectivity index (χ4n) is 2.86. The summed E-state index contributed by atoms with van der Waals surface area (Å²) in [5, 5.41) is 15.6. The fraction of sp³-hybridized carbons (Fsp3) is 0.533. The molecule has 20 heavy (non-hydrogen) atoms. The van der Waals surface area contributed by atoms with Crippen molar-refractivity contribution >= 4 is 5.84 Å². The number of nitrogens with two attached hydrogens (primary N) is 1. The van der Waals surface area contributed by atoms with Crippen molar-refractivity contribution in [3.8, 4) is 0 Å². The van der Waals surface area contributed by atoms with E-state index in [-0.39, 0.29) is 17.9 Å². The van der Waals surface area contributed by atoms with Crippen LogP contribution in [-0.4, -0.2) is 36.8 Å². The number of methoxy groups -OCH3 is 1. The summed E-state index contributed by atoms with van der Waals surface area (Å²) < 4.78 is 5.48. The van der Waals surface area contributed by atoms with Crippen LogP contribution in [0, 0.1) is 0 Å². The minimum atomic E-state index is -0.126. The first-order chi connectivity index (χ1) is 9.76. The van der Waals surface area contributed by atoms with E-state index in [1.54, 1.807) is 7.11 Å². The van der Waals surface area contributed by atoms with Crippen molar-refractivity contribution in [3.63, 3.8) is 0 Å². The molecule has 1 aromatic rings. The Balaban J connectivity index is 2.02. The summed E-state index contributed by atoms with van der Waals surface area (Å²) in [5.74, 6) is 0.106. The number of ether oxygens (including phenoxy) is 1. The monoisotopic (exact) mass is 277 g/mol. The van der Waals surface area contributed by atoms with Crippen LogP contribution in [-0.2, 0) is 4.74 Å². The summed E-state index contributed by atoms with van der Waals surface area (Å²) in [6, 6.07) is 10.2. The number of nitrogens with zero attached hydrogens (tertiary/aromatic N) is 1. The molecule has 1 saturated carbocycles. The summed E-state index contributed by atoms with van der Waals surface area (Å²) >= 11 is 0. The second-order valence-electron chi connectivity index (χ2n) is 5.21. The normalized spacial score (nSPS) is 24.8. The van der Waals surface area contributed by atoms with Crippen molar-refractivity contribution in [2.45, 2.75) is 37.3 Å². The molecule has 3 atom stereocenters. The molecule has 1 fully saturated rings. The van der Waals surface area contributed by atoms with Crippen molar-refractivity contribution in [1.29, 1.82) is 0 Å². The summed E-state index contributed by atoms with van der Waals surface area (Å²) in [4.78, 5) is 0. The van der Waals surface area contributed by atoms with Gasteiger partial charge in [0.15, 0.2) is 0 Å². The summed E-state index contributed by atoms with van der Waals surface area (Å²) in [6.45, 7) is 0.643. The predicted molar refractivity (Wildman–Crippen MR) is 79.0 cm³/mol. The lowest BCUT2D eigenvalue weighted by Gasteiger charge is -2.23. The number of hydrogen-bond acceptors (Lipinski definition) is 4. The lowest BCUT2D eigenvalue weighted by Crippen LogP contribution is -2.41. The molecule has 0 amide bonds. The molecule has 1 aliphatic carbocycles. The van der Waals surface area contributed by atoms with E-state index < -0.39 is 0 Å². The van der Waals surface area contributed by atoms with Gasteiger partial charge in [0, 0.05) is 19.7 Å². The number of nitrogens with one attached hydrogen (secondary N) is 1. The highest BCUT2D eigenvalue weighted by Crippen LogP contribution is 2.23. The van der Waals surface area contributed by atoms with E-state index in [1.165, 1.54) is 6.42 Å². The van der Waals surface area contributed by atoms with E-state index in [4.69, 9.17) is 15.7 Å². The maximum atomic E-state index is 8.97. The van der Waals surface area contributed by atoms with Crippen molar-refractivity contribution < 1.29 is 9.94 Å². The van der Waals surface area contributed by atoms with Crippen LogP contribution in [0.3, 0.4) is 0 Å². The summed E-state index contributed by atoms with van der Waals surface area (Å²) in [5.41, 5.74) is 6.87. The average Bonchev–Trinajstić information content (AvgIpc) is 2.95. The molecule has 4 N–H and O–H groups in total. The van der Waals surface area contributed by atoms with E-state index in [9.17, 15) is 0 Å². The Kier molecular flexibility index (Phi) is 5.38. The van der Waals surface area contributed by atoms with Crippen LogP contribution in [0.25, 0.3) is 0 Å². The van der Waals surface area contributed by atoms with Gasteiger partial charge in [-0.3, -0.25) is 0 Å². The first-order valence-corrected chi connectivity index (χ1v) is 7.04. The molecule has 0 spiro atoms. The fourth-order valence-corrected chi connectivity index (χ4v) is 2.86. The molecule has 110 valence electrons. The topological polar surface area (TPSA) is 79.9 Å². The lowest BCUT2D eigenvalue weighted by atomic mass is 9.97. The van der Waals surface area contributed by atoms with Gasteiger partial charge >= 0.3 is 0 Å². The highest BCUT2D eigenvalue weighted by atomic mass is 16.5. The van der Waals surface area contributed by atoms with Crippen LogP contribution in [0.1, 0.15) is 30.7 Å². The second kappa shape index (κ2) is 7.26. The van der Waals surface area contributed by atoms with Crippen LogP contribution in [0.15, 0.2) is 35.5 Å². The third-order valence-corrected chi connectivity index (χ3v) is 4.01. The molecule has 2 rings (SSSR count). The molecule has 0 heterocycles. The molecular weight excluding hydrogens is 254 g/mol. The van der Waals surface area contributed by atoms with Gasteiger partial charge in [-0.1, -0.05) is 35.5 Å².